The van der Waals surface area contributed by atoms with Crippen molar-refractivity contribution in [1.29, 1.82) is 0 Å². The molecule has 0 bridgehead atoms. The molecular formula is C28H19F6N7O3. The fourth-order valence-electron chi connectivity index (χ4n) is 4.86. The number of benzene rings is 2. The summed E-state index contributed by atoms with van der Waals surface area (Å²) in [5, 5.41) is 11.2. The molecule has 10 nitrogen and oxygen atoms in total. The van der Waals surface area contributed by atoms with Crippen LogP contribution in [0, 0.1) is 0 Å². The summed E-state index contributed by atoms with van der Waals surface area (Å²) in [5.74, 6) is -3.64. The van der Waals surface area contributed by atoms with Crippen LogP contribution in [0.5, 0.6) is 0 Å². The number of hydrogen-bond donors (Lipinski definition) is 3. The van der Waals surface area contributed by atoms with E-state index in [1.165, 1.54) is 18.2 Å². The lowest BCUT2D eigenvalue weighted by Gasteiger charge is -2.14. The molecule has 3 aromatic heterocycles. The van der Waals surface area contributed by atoms with Gasteiger partial charge in [0.05, 0.1) is 6.04 Å². The summed E-state index contributed by atoms with van der Waals surface area (Å²) in [6, 6.07) is 11.0. The predicted molar refractivity (Wildman–Crippen MR) is 140 cm³/mol. The van der Waals surface area contributed by atoms with Crippen LogP contribution in [0.2, 0.25) is 0 Å². The van der Waals surface area contributed by atoms with Gasteiger partial charge in [-0.05, 0) is 47.7 Å². The highest BCUT2D eigenvalue weighted by Gasteiger charge is 2.36. The Balaban J connectivity index is 1.09. The number of aryl methyl sites for hydroxylation is 1. The first kappa shape index (κ1) is 28.8. The van der Waals surface area contributed by atoms with Gasteiger partial charge < -0.3 is 15.1 Å². The lowest BCUT2D eigenvalue weighted by Crippen LogP contribution is -2.29. The number of H-pyrrole nitrogens is 1. The van der Waals surface area contributed by atoms with Gasteiger partial charge in [-0.3, -0.25) is 14.7 Å². The molecule has 0 fully saturated rings. The van der Waals surface area contributed by atoms with Crippen molar-refractivity contribution in [2.45, 2.75) is 37.8 Å². The highest BCUT2D eigenvalue weighted by molar-refractivity contribution is 5.97. The Morgan fingerprint density at radius 1 is 0.932 bits per heavy atom. The minimum atomic E-state index is -4.65. The number of furan rings is 1. The van der Waals surface area contributed by atoms with Crippen LogP contribution in [-0.2, 0) is 25.3 Å². The molecule has 0 aliphatic heterocycles. The first-order valence-corrected chi connectivity index (χ1v) is 13.0. The maximum absolute atomic E-state index is 13.0. The second-order valence-corrected chi connectivity index (χ2v) is 9.94. The maximum atomic E-state index is 13.0. The molecule has 0 radical (unpaired) electrons. The van der Waals surface area contributed by atoms with Gasteiger partial charge in [-0.1, -0.05) is 24.3 Å². The summed E-state index contributed by atoms with van der Waals surface area (Å²) in [6.45, 7) is -0.0471. The van der Waals surface area contributed by atoms with Crippen LogP contribution in [0.4, 0.5) is 26.3 Å². The normalized spacial score (nSPS) is 14.9. The van der Waals surface area contributed by atoms with E-state index >= 15 is 0 Å². The van der Waals surface area contributed by atoms with Crippen molar-refractivity contribution in [3.8, 4) is 11.4 Å². The van der Waals surface area contributed by atoms with Crippen molar-refractivity contribution < 1.29 is 40.3 Å². The number of amides is 2. The van der Waals surface area contributed by atoms with Crippen LogP contribution < -0.4 is 10.6 Å². The van der Waals surface area contributed by atoms with Crippen LogP contribution in [0.25, 0.3) is 22.4 Å². The third kappa shape index (κ3) is 5.82. The highest BCUT2D eigenvalue weighted by atomic mass is 19.4. The largest absolute Gasteiger partial charge is 0.451 e. The molecule has 6 rings (SSSR count). The maximum Gasteiger partial charge on any atom is 0.451 e. The first-order valence-electron chi connectivity index (χ1n) is 13.0. The molecule has 1 atom stereocenters. The highest BCUT2D eigenvalue weighted by Crippen LogP contribution is 2.35. The fourth-order valence-corrected chi connectivity index (χ4v) is 4.86. The van der Waals surface area contributed by atoms with Gasteiger partial charge in [-0.2, -0.15) is 31.4 Å². The van der Waals surface area contributed by atoms with Crippen LogP contribution >= 0.6 is 0 Å². The van der Waals surface area contributed by atoms with E-state index in [4.69, 9.17) is 4.42 Å². The third-order valence-electron chi connectivity index (χ3n) is 6.99. The zero-order chi connectivity index (χ0) is 31.2. The number of aromatic nitrogens is 5. The van der Waals surface area contributed by atoms with Crippen LogP contribution in [-0.4, -0.2) is 37.0 Å². The van der Waals surface area contributed by atoms with Crippen molar-refractivity contribution in [3.63, 3.8) is 0 Å². The molecule has 0 spiro atoms. The van der Waals surface area contributed by atoms with E-state index in [0.29, 0.717) is 24.0 Å². The molecule has 0 saturated heterocycles. The monoisotopic (exact) mass is 615 g/mol. The Hall–Kier alpha value is -5.28. The molecule has 2 amide bonds. The van der Waals surface area contributed by atoms with Crippen molar-refractivity contribution in [2.24, 2.45) is 0 Å². The lowest BCUT2D eigenvalue weighted by molar-refractivity contribution is -0.152. The molecule has 0 unspecified atom stereocenters. The molecule has 1 aliphatic rings. The molecule has 16 heteroatoms. The number of halogens is 6. The number of carbonyl (C=O) groups is 2. The predicted octanol–water partition coefficient (Wildman–Crippen LogP) is 5.39. The zero-order valence-electron chi connectivity index (χ0n) is 22.2. The summed E-state index contributed by atoms with van der Waals surface area (Å²) in [5.41, 5.74) is 2.30. The minimum Gasteiger partial charge on any atom is -0.451 e. The van der Waals surface area contributed by atoms with Gasteiger partial charge in [0.15, 0.2) is 5.82 Å². The summed E-state index contributed by atoms with van der Waals surface area (Å²) >= 11 is 0. The molecule has 0 saturated carbocycles. The third-order valence-corrected chi connectivity index (χ3v) is 6.99. The summed E-state index contributed by atoms with van der Waals surface area (Å²) in [6.07, 6.45) is -7.15. The number of fused-ring (bicyclic) bond motifs is 2. The number of nitrogens with zero attached hydrogens (tertiary/aromatic N) is 4. The zero-order valence-corrected chi connectivity index (χ0v) is 22.2. The summed E-state index contributed by atoms with van der Waals surface area (Å²) < 4.78 is 82.2. The Labute approximate surface area is 242 Å². The molecule has 2 aromatic carbocycles. The Morgan fingerprint density at radius 2 is 1.70 bits per heavy atom. The van der Waals surface area contributed by atoms with Crippen LogP contribution in [0.1, 0.15) is 61.7 Å². The molecule has 5 aromatic rings. The second kappa shape index (κ2) is 10.8. The average Bonchev–Trinajstić information content (AvgIpc) is 3.74. The van der Waals surface area contributed by atoms with Crippen molar-refractivity contribution in [2.75, 3.05) is 0 Å². The van der Waals surface area contributed by atoms with Gasteiger partial charge >= 0.3 is 12.4 Å². The quantitative estimate of drug-likeness (QED) is 0.218. The standard InChI is InChI=1S/C28H19F6N7O3/c29-27(30,31)22-9-15-2-1-13(7-21(15)44-22)11-35-24(42)19-10-20(37-12-36-19)25(43)38-18-6-4-14-8-16(3-5-17(14)18)23-39-26(41-40-23)28(32,33)34/h1-3,5,7-10,12,18H,4,6,11H2,(H,35,42)(H,38,43)(H,39,40,41)/t18-/m1/s1. The van der Waals surface area contributed by atoms with E-state index in [9.17, 15) is 35.9 Å². The van der Waals surface area contributed by atoms with E-state index in [1.807, 2.05) is 5.10 Å². The van der Waals surface area contributed by atoms with Crippen molar-refractivity contribution >= 4 is 22.8 Å². The van der Waals surface area contributed by atoms with Gasteiger partial charge in [-0.15, -0.1) is 0 Å². The second-order valence-electron chi connectivity index (χ2n) is 9.94. The molecular weight excluding hydrogens is 596 g/mol. The molecule has 226 valence electrons. The SMILES string of the molecule is O=C(NCc1ccc2cc(C(F)(F)F)oc2c1)c1cc(C(=O)N[C@@H]2CCc3cc(-c4n[nH]c(C(F)(F)F)n4)ccc32)ncn1. The van der Waals surface area contributed by atoms with Gasteiger partial charge in [0.1, 0.15) is 23.3 Å². The number of hydrogen-bond acceptors (Lipinski definition) is 7. The Morgan fingerprint density at radius 3 is 2.43 bits per heavy atom. The molecule has 44 heavy (non-hydrogen) atoms. The summed E-state index contributed by atoms with van der Waals surface area (Å²) in [4.78, 5) is 37.1. The van der Waals surface area contributed by atoms with Crippen molar-refractivity contribution in [3.05, 3.63) is 94.5 Å². The number of rotatable bonds is 6. The van der Waals surface area contributed by atoms with E-state index in [2.05, 4.69) is 30.7 Å². The van der Waals surface area contributed by atoms with Gasteiger partial charge in [-0.25, -0.2) is 15.0 Å². The fraction of sp³-hybridized carbons (Fsp3) is 0.214. The molecule has 1 aliphatic carbocycles. The molecule has 3 heterocycles. The van der Waals surface area contributed by atoms with Gasteiger partial charge in [0.25, 0.3) is 11.8 Å². The van der Waals surface area contributed by atoms with E-state index in [1.54, 1.807) is 24.3 Å². The first-order chi connectivity index (χ1) is 20.8. The van der Waals surface area contributed by atoms with Gasteiger partial charge in [0.2, 0.25) is 11.6 Å². The van der Waals surface area contributed by atoms with Gasteiger partial charge in [0, 0.05) is 23.6 Å². The van der Waals surface area contributed by atoms with Crippen LogP contribution in [0.3, 0.4) is 0 Å². The van der Waals surface area contributed by atoms with Crippen molar-refractivity contribution in [1.82, 2.24) is 35.8 Å². The van der Waals surface area contributed by atoms with E-state index < -0.39 is 41.8 Å². The number of carbonyl (C=O) groups excluding carboxylic acids is 2. The number of alkyl halides is 6. The topological polar surface area (TPSA) is 139 Å². The lowest BCUT2D eigenvalue weighted by atomic mass is 10.0. The smallest absolute Gasteiger partial charge is 0.451 e. The number of aromatic amines is 1. The Bertz CT molecular complexity index is 1900. The van der Waals surface area contributed by atoms with E-state index in [-0.39, 0.29) is 34.7 Å². The Kier molecular flexibility index (Phi) is 7.05. The summed E-state index contributed by atoms with van der Waals surface area (Å²) in [7, 11) is 0. The minimum absolute atomic E-state index is 0.0168. The average molecular weight is 615 g/mol. The molecule has 3 N–H and O–H groups in total. The number of nitrogens with one attached hydrogen (secondary N) is 3. The van der Waals surface area contributed by atoms with E-state index in [0.717, 1.165) is 23.5 Å². The van der Waals surface area contributed by atoms with Crippen LogP contribution in [0.15, 0.2) is 59.3 Å².